The maximum absolute atomic E-state index is 12.6. The molecule has 0 radical (unpaired) electrons. The van der Waals surface area contributed by atoms with Crippen LogP contribution in [-0.4, -0.2) is 29.0 Å². The van der Waals surface area contributed by atoms with Crippen molar-refractivity contribution in [1.29, 1.82) is 0 Å². The van der Waals surface area contributed by atoms with Crippen LogP contribution in [0.3, 0.4) is 0 Å². The van der Waals surface area contributed by atoms with Crippen molar-refractivity contribution in [1.82, 2.24) is 9.97 Å². The number of aromatic nitrogens is 2. The van der Waals surface area contributed by atoms with Gasteiger partial charge in [-0.3, -0.25) is 4.79 Å². The van der Waals surface area contributed by atoms with Crippen molar-refractivity contribution < 1.29 is 4.79 Å². The molecule has 0 aliphatic carbocycles. The normalized spacial score (nSPS) is 13.4. The topological polar surface area (TPSA) is 70.2 Å². The van der Waals surface area contributed by atoms with E-state index in [1.54, 1.807) is 12.3 Å². The predicted molar refractivity (Wildman–Crippen MR) is 117 cm³/mol. The second-order valence-electron chi connectivity index (χ2n) is 7.46. The van der Waals surface area contributed by atoms with Crippen LogP contribution in [-0.2, 0) is 0 Å². The van der Waals surface area contributed by atoms with Crippen LogP contribution in [0.15, 0.2) is 54.7 Å². The quantitative estimate of drug-likeness (QED) is 0.665. The van der Waals surface area contributed by atoms with Crippen molar-refractivity contribution in [3.05, 3.63) is 71.5 Å². The van der Waals surface area contributed by atoms with E-state index in [-0.39, 0.29) is 5.91 Å². The third-order valence-corrected chi connectivity index (χ3v) is 4.96. The van der Waals surface area contributed by atoms with Gasteiger partial charge in [-0.25, -0.2) is 9.97 Å². The molecular formula is C23H25N5O. The second kappa shape index (κ2) is 8.31. The number of anilines is 4. The molecule has 0 spiro atoms. The molecule has 0 atom stereocenters. The lowest BCUT2D eigenvalue weighted by atomic mass is 10.1. The lowest BCUT2D eigenvalue weighted by Crippen LogP contribution is -2.18. The van der Waals surface area contributed by atoms with Crippen molar-refractivity contribution in [3.63, 3.8) is 0 Å². The van der Waals surface area contributed by atoms with Crippen LogP contribution >= 0.6 is 0 Å². The van der Waals surface area contributed by atoms with Crippen LogP contribution in [0.1, 0.15) is 34.5 Å². The number of aryl methyl sites for hydroxylation is 2. The maximum Gasteiger partial charge on any atom is 0.274 e. The fourth-order valence-electron chi connectivity index (χ4n) is 3.65. The molecule has 2 heterocycles. The lowest BCUT2D eigenvalue weighted by molar-refractivity contribution is 0.102. The van der Waals surface area contributed by atoms with E-state index in [1.165, 1.54) is 18.5 Å². The summed E-state index contributed by atoms with van der Waals surface area (Å²) in [4.78, 5) is 23.6. The third-order valence-electron chi connectivity index (χ3n) is 4.96. The summed E-state index contributed by atoms with van der Waals surface area (Å²) >= 11 is 0. The molecule has 1 aliphatic rings. The molecule has 2 N–H and O–H groups in total. The average molecular weight is 387 g/mol. The van der Waals surface area contributed by atoms with E-state index in [1.807, 2.05) is 50.2 Å². The molecular weight excluding hydrogens is 362 g/mol. The summed E-state index contributed by atoms with van der Waals surface area (Å²) in [5.74, 6) is 0.136. The minimum absolute atomic E-state index is 0.259. The molecule has 4 rings (SSSR count). The van der Waals surface area contributed by atoms with Crippen LogP contribution in [0.25, 0.3) is 0 Å². The van der Waals surface area contributed by atoms with Crippen LogP contribution in [0.4, 0.5) is 23.0 Å². The van der Waals surface area contributed by atoms with Gasteiger partial charge in [-0.05, 0) is 80.3 Å². The fourth-order valence-corrected chi connectivity index (χ4v) is 3.65. The van der Waals surface area contributed by atoms with E-state index in [0.717, 1.165) is 35.6 Å². The van der Waals surface area contributed by atoms with Crippen LogP contribution in [0, 0.1) is 13.8 Å². The lowest BCUT2D eigenvalue weighted by Gasteiger charge is -2.17. The van der Waals surface area contributed by atoms with Crippen molar-refractivity contribution >= 4 is 28.9 Å². The number of carbonyl (C=O) groups excluding carboxylic acids is 1. The minimum Gasteiger partial charge on any atom is -0.372 e. The van der Waals surface area contributed by atoms with Crippen molar-refractivity contribution in [2.45, 2.75) is 26.7 Å². The standard InChI is InChI=1S/C23H25N5O/c1-16-13-17(2)15-19(14-16)26-23-24-10-9-21(27-23)22(29)25-18-5-7-20(8-6-18)28-11-3-4-12-28/h5-10,13-15H,3-4,11-12H2,1-2H3,(H,25,29)(H,24,26,27). The molecule has 2 aromatic carbocycles. The first-order valence-electron chi connectivity index (χ1n) is 9.91. The van der Waals surface area contributed by atoms with Gasteiger partial charge in [0.1, 0.15) is 5.69 Å². The number of rotatable bonds is 5. The Morgan fingerprint density at radius 2 is 1.62 bits per heavy atom. The van der Waals surface area contributed by atoms with Crippen LogP contribution < -0.4 is 15.5 Å². The first-order chi connectivity index (χ1) is 14.1. The third kappa shape index (κ3) is 4.71. The molecule has 6 nitrogen and oxygen atoms in total. The Balaban J connectivity index is 1.44. The maximum atomic E-state index is 12.6. The number of nitrogens with one attached hydrogen (secondary N) is 2. The summed E-state index contributed by atoms with van der Waals surface area (Å²) in [6.45, 7) is 6.28. The molecule has 1 fully saturated rings. The predicted octanol–water partition coefficient (Wildman–Crippen LogP) is 4.69. The van der Waals surface area contributed by atoms with Gasteiger partial charge in [0, 0.05) is 36.3 Å². The van der Waals surface area contributed by atoms with Gasteiger partial charge >= 0.3 is 0 Å². The number of carbonyl (C=O) groups is 1. The number of nitrogens with zero attached hydrogens (tertiary/aromatic N) is 3. The highest BCUT2D eigenvalue weighted by molar-refractivity contribution is 6.03. The zero-order valence-corrected chi connectivity index (χ0v) is 16.8. The first kappa shape index (κ1) is 18.9. The zero-order valence-electron chi connectivity index (χ0n) is 16.8. The molecule has 1 saturated heterocycles. The van der Waals surface area contributed by atoms with Gasteiger partial charge in [-0.1, -0.05) is 6.07 Å². The summed E-state index contributed by atoms with van der Waals surface area (Å²) in [6, 6.07) is 15.7. The molecule has 1 amide bonds. The summed E-state index contributed by atoms with van der Waals surface area (Å²) < 4.78 is 0. The number of hydrogen-bond acceptors (Lipinski definition) is 5. The van der Waals surface area contributed by atoms with Gasteiger partial charge in [-0.2, -0.15) is 0 Å². The highest BCUT2D eigenvalue weighted by atomic mass is 16.1. The van der Waals surface area contributed by atoms with Gasteiger partial charge in [0.2, 0.25) is 5.95 Å². The summed E-state index contributed by atoms with van der Waals surface area (Å²) in [6.07, 6.45) is 4.07. The Hall–Kier alpha value is -3.41. The second-order valence-corrected chi connectivity index (χ2v) is 7.46. The van der Waals surface area contributed by atoms with Crippen molar-refractivity contribution in [3.8, 4) is 0 Å². The zero-order chi connectivity index (χ0) is 20.2. The summed E-state index contributed by atoms with van der Waals surface area (Å²) in [7, 11) is 0. The first-order valence-corrected chi connectivity index (χ1v) is 9.91. The molecule has 3 aromatic rings. The number of benzene rings is 2. The molecule has 1 aliphatic heterocycles. The highest BCUT2D eigenvalue weighted by Gasteiger charge is 2.13. The molecule has 148 valence electrons. The van der Waals surface area contributed by atoms with E-state index in [4.69, 9.17) is 0 Å². The van der Waals surface area contributed by atoms with E-state index in [2.05, 4.69) is 31.6 Å². The highest BCUT2D eigenvalue weighted by Crippen LogP contribution is 2.22. The summed E-state index contributed by atoms with van der Waals surface area (Å²) in [5, 5.41) is 6.09. The Bertz CT molecular complexity index is 990. The Morgan fingerprint density at radius 1 is 0.931 bits per heavy atom. The summed E-state index contributed by atoms with van der Waals surface area (Å²) in [5.41, 5.74) is 5.47. The molecule has 6 heteroatoms. The van der Waals surface area contributed by atoms with Gasteiger partial charge < -0.3 is 15.5 Å². The molecule has 0 bridgehead atoms. The van der Waals surface area contributed by atoms with Crippen LogP contribution in [0.5, 0.6) is 0 Å². The van der Waals surface area contributed by atoms with Crippen molar-refractivity contribution in [2.24, 2.45) is 0 Å². The van der Waals surface area contributed by atoms with E-state index in [0.29, 0.717) is 11.6 Å². The average Bonchev–Trinajstić information content (AvgIpc) is 3.23. The largest absolute Gasteiger partial charge is 0.372 e. The monoisotopic (exact) mass is 387 g/mol. The van der Waals surface area contributed by atoms with Crippen molar-refractivity contribution in [2.75, 3.05) is 28.6 Å². The minimum atomic E-state index is -0.259. The molecule has 1 aromatic heterocycles. The fraction of sp³-hybridized carbons (Fsp3) is 0.261. The Kier molecular flexibility index (Phi) is 5.42. The van der Waals surface area contributed by atoms with E-state index in [9.17, 15) is 4.79 Å². The van der Waals surface area contributed by atoms with E-state index < -0.39 is 0 Å². The smallest absolute Gasteiger partial charge is 0.274 e. The van der Waals surface area contributed by atoms with Gasteiger partial charge in [-0.15, -0.1) is 0 Å². The SMILES string of the molecule is Cc1cc(C)cc(Nc2nccc(C(=O)Nc3ccc(N4CCCC4)cc3)n2)c1. The number of hydrogen-bond donors (Lipinski definition) is 2. The van der Waals surface area contributed by atoms with Gasteiger partial charge in [0.15, 0.2) is 0 Å². The van der Waals surface area contributed by atoms with Crippen LogP contribution in [0.2, 0.25) is 0 Å². The Labute approximate surface area is 171 Å². The Morgan fingerprint density at radius 3 is 2.31 bits per heavy atom. The molecule has 29 heavy (non-hydrogen) atoms. The van der Waals surface area contributed by atoms with E-state index >= 15 is 0 Å². The van der Waals surface area contributed by atoms with Gasteiger partial charge in [0.25, 0.3) is 5.91 Å². The molecule has 0 saturated carbocycles. The van der Waals surface area contributed by atoms with Gasteiger partial charge in [0.05, 0.1) is 0 Å². The number of amides is 1. The molecule has 0 unspecified atom stereocenters.